The highest BCUT2D eigenvalue weighted by atomic mass is 35.5. The van der Waals surface area contributed by atoms with Crippen molar-refractivity contribution in [2.45, 2.75) is 26.7 Å². The summed E-state index contributed by atoms with van der Waals surface area (Å²) in [5.41, 5.74) is 4.92. The smallest absolute Gasteiger partial charge is 0.307 e. The van der Waals surface area contributed by atoms with Crippen molar-refractivity contribution in [2.75, 3.05) is 26.2 Å². The number of hydrogen-bond acceptors (Lipinski definition) is 4. The second-order valence-corrected chi connectivity index (χ2v) is 7.96. The van der Waals surface area contributed by atoms with Crippen LogP contribution in [0, 0.1) is 19.8 Å². The summed E-state index contributed by atoms with van der Waals surface area (Å²) >= 11 is 6.13. The SMILES string of the molecule is Cc1ccccc1/C(=N/OCCN1CCCC(C(=O)O)C1)c1ccc(Cl)cc1C. The molecule has 1 fully saturated rings. The fourth-order valence-corrected chi connectivity index (χ4v) is 3.94. The maximum atomic E-state index is 11.2. The summed E-state index contributed by atoms with van der Waals surface area (Å²) in [6, 6.07) is 13.8. The molecular formula is C23H27ClN2O3. The lowest BCUT2D eigenvalue weighted by Gasteiger charge is -2.30. The summed E-state index contributed by atoms with van der Waals surface area (Å²) in [4.78, 5) is 19.1. The van der Waals surface area contributed by atoms with Gasteiger partial charge in [-0.05, 0) is 56.5 Å². The molecule has 1 unspecified atom stereocenters. The van der Waals surface area contributed by atoms with Crippen LogP contribution in [-0.2, 0) is 9.63 Å². The molecule has 0 radical (unpaired) electrons. The van der Waals surface area contributed by atoms with E-state index in [-0.39, 0.29) is 5.92 Å². The number of halogens is 1. The van der Waals surface area contributed by atoms with Crippen molar-refractivity contribution in [2.24, 2.45) is 11.1 Å². The van der Waals surface area contributed by atoms with Gasteiger partial charge in [-0.2, -0.15) is 0 Å². The van der Waals surface area contributed by atoms with Gasteiger partial charge in [-0.1, -0.05) is 47.1 Å². The zero-order valence-corrected chi connectivity index (χ0v) is 17.7. The Morgan fingerprint density at radius 3 is 2.69 bits per heavy atom. The minimum absolute atomic E-state index is 0.286. The van der Waals surface area contributed by atoms with Gasteiger partial charge in [0.2, 0.25) is 0 Å². The number of nitrogens with zero attached hydrogens (tertiary/aromatic N) is 2. The molecule has 1 heterocycles. The van der Waals surface area contributed by atoms with E-state index in [1.807, 2.05) is 43.3 Å². The first-order valence-electron chi connectivity index (χ1n) is 9.93. The highest BCUT2D eigenvalue weighted by Gasteiger charge is 2.25. The van der Waals surface area contributed by atoms with Gasteiger partial charge in [0.05, 0.1) is 5.92 Å². The molecule has 29 heavy (non-hydrogen) atoms. The average Bonchev–Trinajstić information content (AvgIpc) is 2.70. The molecule has 0 bridgehead atoms. The van der Waals surface area contributed by atoms with Gasteiger partial charge in [0.1, 0.15) is 12.3 Å². The summed E-state index contributed by atoms with van der Waals surface area (Å²) in [5.74, 6) is -1.000. The highest BCUT2D eigenvalue weighted by molar-refractivity contribution is 6.31. The lowest BCUT2D eigenvalue weighted by atomic mass is 9.95. The normalized spacial score (nSPS) is 17.9. The van der Waals surface area contributed by atoms with Crippen molar-refractivity contribution in [3.05, 3.63) is 69.7 Å². The predicted molar refractivity (Wildman–Crippen MR) is 116 cm³/mol. The van der Waals surface area contributed by atoms with Crippen LogP contribution in [0.15, 0.2) is 47.6 Å². The van der Waals surface area contributed by atoms with Gasteiger partial charge in [0.25, 0.3) is 0 Å². The first-order chi connectivity index (χ1) is 14.0. The average molecular weight is 415 g/mol. The maximum absolute atomic E-state index is 11.2. The summed E-state index contributed by atoms with van der Waals surface area (Å²) in [7, 11) is 0. The number of carboxylic acid groups (broad SMARTS) is 1. The number of oxime groups is 1. The topological polar surface area (TPSA) is 62.1 Å². The largest absolute Gasteiger partial charge is 0.481 e. The molecule has 0 saturated carbocycles. The molecule has 1 saturated heterocycles. The van der Waals surface area contributed by atoms with E-state index in [2.05, 4.69) is 23.0 Å². The Morgan fingerprint density at radius 1 is 1.21 bits per heavy atom. The molecule has 154 valence electrons. The van der Waals surface area contributed by atoms with E-state index in [1.165, 1.54) is 0 Å². The quantitative estimate of drug-likeness (QED) is 0.411. The Labute approximate surface area is 176 Å². The van der Waals surface area contributed by atoms with Gasteiger partial charge in [0, 0.05) is 29.2 Å². The van der Waals surface area contributed by atoms with Crippen LogP contribution in [0.5, 0.6) is 0 Å². The Morgan fingerprint density at radius 2 is 1.97 bits per heavy atom. The number of hydrogen-bond donors (Lipinski definition) is 1. The minimum atomic E-state index is -0.714. The monoisotopic (exact) mass is 414 g/mol. The molecule has 0 spiro atoms. The van der Waals surface area contributed by atoms with E-state index in [0.717, 1.165) is 47.4 Å². The van der Waals surface area contributed by atoms with Crippen molar-refractivity contribution in [3.63, 3.8) is 0 Å². The number of carboxylic acids is 1. The first kappa shape index (κ1) is 21.3. The van der Waals surface area contributed by atoms with Crippen molar-refractivity contribution in [3.8, 4) is 0 Å². The molecule has 0 amide bonds. The van der Waals surface area contributed by atoms with Crippen molar-refractivity contribution < 1.29 is 14.7 Å². The second kappa shape index (κ2) is 9.90. The molecule has 1 N–H and O–H groups in total. The lowest BCUT2D eigenvalue weighted by molar-refractivity contribution is -0.143. The number of likely N-dealkylation sites (tertiary alicyclic amines) is 1. The molecule has 2 aromatic carbocycles. The van der Waals surface area contributed by atoms with Gasteiger partial charge >= 0.3 is 5.97 Å². The van der Waals surface area contributed by atoms with E-state index >= 15 is 0 Å². The third-order valence-corrected chi connectivity index (χ3v) is 5.59. The van der Waals surface area contributed by atoms with Gasteiger partial charge in [0.15, 0.2) is 0 Å². The van der Waals surface area contributed by atoms with Crippen LogP contribution in [0.25, 0.3) is 0 Å². The molecule has 1 atom stereocenters. The number of aliphatic carboxylic acids is 1. The second-order valence-electron chi connectivity index (χ2n) is 7.53. The Hall–Kier alpha value is -2.37. The molecule has 0 aliphatic carbocycles. The van der Waals surface area contributed by atoms with Crippen LogP contribution in [0.1, 0.15) is 35.1 Å². The van der Waals surface area contributed by atoms with E-state index in [4.69, 9.17) is 16.4 Å². The molecule has 6 heteroatoms. The number of aryl methyl sites for hydroxylation is 2. The summed E-state index contributed by atoms with van der Waals surface area (Å²) < 4.78 is 0. The molecule has 1 aliphatic rings. The highest BCUT2D eigenvalue weighted by Crippen LogP contribution is 2.21. The summed E-state index contributed by atoms with van der Waals surface area (Å²) in [6.07, 6.45) is 1.65. The third-order valence-electron chi connectivity index (χ3n) is 5.35. The van der Waals surface area contributed by atoms with Gasteiger partial charge in [-0.15, -0.1) is 0 Å². The third kappa shape index (κ3) is 5.58. The van der Waals surface area contributed by atoms with Crippen molar-refractivity contribution >= 4 is 23.3 Å². The fraction of sp³-hybridized carbons (Fsp3) is 0.391. The van der Waals surface area contributed by atoms with Crippen LogP contribution < -0.4 is 0 Å². The van der Waals surface area contributed by atoms with E-state index in [1.54, 1.807) is 0 Å². The first-order valence-corrected chi connectivity index (χ1v) is 10.3. The van der Waals surface area contributed by atoms with Gasteiger partial charge < -0.3 is 9.94 Å². The Bertz CT molecular complexity index is 897. The van der Waals surface area contributed by atoms with Crippen molar-refractivity contribution in [1.29, 1.82) is 0 Å². The van der Waals surface area contributed by atoms with Crippen LogP contribution in [0.3, 0.4) is 0 Å². The standard InChI is InChI=1S/C23H27ClN2O3/c1-16-6-3-4-8-20(16)22(21-10-9-19(24)14-17(21)2)25-29-13-12-26-11-5-7-18(15-26)23(27)28/h3-4,6,8-10,14,18H,5,7,11-13,15H2,1-2H3,(H,27,28)/b25-22-. The Balaban J connectivity index is 1.74. The Kier molecular flexibility index (Phi) is 7.29. The van der Waals surface area contributed by atoms with Crippen LogP contribution in [0.2, 0.25) is 5.02 Å². The molecule has 1 aliphatic heterocycles. The van der Waals surface area contributed by atoms with Gasteiger partial charge in [-0.3, -0.25) is 9.69 Å². The molecule has 0 aromatic heterocycles. The van der Waals surface area contributed by atoms with Crippen molar-refractivity contribution in [1.82, 2.24) is 4.90 Å². The number of carbonyl (C=O) groups is 1. The molecular weight excluding hydrogens is 388 g/mol. The summed E-state index contributed by atoms with van der Waals surface area (Å²) in [5, 5.41) is 14.4. The number of piperidine rings is 1. The molecule has 5 nitrogen and oxygen atoms in total. The summed E-state index contributed by atoms with van der Waals surface area (Å²) in [6.45, 7) is 6.61. The molecule has 2 aromatic rings. The fourth-order valence-electron chi connectivity index (χ4n) is 3.72. The van der Waals surface area contributed by atoms with Crippen LogP contribution in [0.4, 0.5) is 0 Å². The van der Waals surface area contributed by atoms with E-state index in [0.29, 0.717) is 24.7 Å². The zero-order chi connectivity index (χ0) is 20.8. The lowest BCUT2D eigenvalue weighted by Crippen LogP contribution is -2.40. The molecule has 3 rings (SSSR count). The number of benzene rings is 2. The van der Waals surface area contributed by atoms with Gasteiger partial charge in [-0.25, -0.2) is 0 Å². The predicted octanol–water partition coefficient (Wildman–Crippen LogP) is 4.52. The number of rotatable bonds is 7. The maximum Gasteiger partial charge on any atom is 0.307 e. The van der Waals surface area contributed by atoms with Crippen LogP contribution in [-0.4, -0.2) is 47.9 Å². The van der Waals surface area contributed by atoms with E-state index in [9.17, 15) is 9.90 Å². The zero-order valence-electron chi connectivity index (χ0n) is 16.9. The minimum Gasteiger partial charge on any atom is -0.481 e. The van der Waals surface area contributed by atoms with Crippen LogP contribution >= 0.6 is 11.6 Å². The van der Waals surface area contributed by atoms with E-state index < -0.39 is 5.97 Å².